The van der Waals surface area contributed by atoms with E-state index in [0.717, 1.165) is 19.3 Å². The maximum Gasteiger partial charge on any atom is 0.106 e. The van der Waals surface area contributed by atoms with Gasteiger partial charge in [-0.2, -0.15) is 0 Å². The van der Waals surface area contributed by atoms with Crippen molar-refractivity contribution >= 4 is 22.6 Å². The standard InChI is InChI=1S/C8H16INO/c1-8(2,9)5-6-3-4-7(10)11-6/h6-7H,3-5,10H2,1-2H3/t6-,7+/m0/s1. The normalized spacial score (nSPS) is 32.7. The van der Waals surface area contributed by atoms with Crippen molar-refractivity contribution in [2.24, 2.45) is 5.73 Å². The van der Waals surface area contributed by atoms with E-state index in [0.29, 0.717) is 9.53 Å². The molecule has 0 saturated carbocycles. The molecule has 0 bridgehead atoms. The van der Waals surface area contributed by atoms with Crippen molar-refractivity contribution in [3.63, 3.8) is 0 Å². The van der Waals surface area contributed by atoms with Gasteiger partial charge in [-0.05, 0) is 19.3 Å². The van der Waals surface area contributed by atoms with Crippen molar-refractivity contribution in [1.82, 2.24) is 0 Å². The van der Waals surface area contributed by atoms with Gasteiger partial charge in [0, 0.05) is 3.42 Å². The molecule has 0 amide bonds. The lowest BCUT2D eigenvalue weighted by molar-refractivity contribution is 0.0412. The highest BCUT2D eigenvalue weighted by Crippen LogP contribution is 2.29. The van der Waals surface area contributed by atoms with Crippen LogP contribution in [0.15, 0.2) is 0 Å². The summed E-state index contributed by atoms with van der Waals surface area (Å²) >= 11 is 2.45. The van der Waals surface area contributed by atoms with Crippen LogP contribution in [-0.4, -0.2) is 15.8 Å². The Kier molecular flexibility index (Phi) is 3.17. The first-order valence-corrected chi connectivity index (χ1v) is 5.15. The molecule has 2 atom stereocenters. The molecule has 0 radical (unpaired) electrons. The van der Waals surface area contributed by atoms with Crippen LogP contribution < -0.4 is 5.73 Å². The fraction of sp³-hybridized carbons (Fsp3) is 1.00. The van der Waals surface area contributed by atoms with Gasteiger partial charge in [-0.3, -0.25) is 0 Å². The average Bonchev–Trinajstić information content (AvgIpc) is 2.10. The smallest absolute Gasteiger partial charge is 0.106 e. The highest BCUT2D eigenvalue weighted by molar-refractivity contribution is 14.1. The SMILES string of the molecule is CC(C)(I)C[C@@H]1CC[C@H](N)O1. The fourth-order valence-electron chi connectivity index (χ4n) is 1.43. The fourth-order valence-corrected chi connectivity index (χ4v) is 1.92. The number of nitrogens with two attached hydrogens (primary N) is 1. The molecular weight excluding hydrogens is 253 g/mol. The molecule has 0 unspecified atom stereocenters. The summed E-state index contributed by atoms with van der Waals surface area (Å²) in [5, 5.41) is 0. The van der Waals surface area contributed by atoms with E-state index in [4.69, 9.17) is 10.5 Å². The Labute approximate surface area is 82.0 Å². The molecular formula is C8H16INO. The molecule has 1 saturated heterocycles. The highest BCUT2D eigenvalue weighted by atomic mass is 127. The lowest BCUT2D eigenvalue weighted by Crippen LogP contribution is -2.24. The van der Waals surface area contributed by atoms with Gasteiger partial charge >= 0.3 is 0 Å². The van der Waals surface area contributed by atoms with Crippen molar-refractivity contribution in [2.45, 2.75) is 48.9 Å². The van der Waals surface area contributed by atoms with E-state index in [-0.39, 0.29) is 6.23 Å². The van der Waals surface area contributed by atoms with Gasteiger partial charge in [0.15, 0.2) is 0 Å². The Morgan fingerprint density at radius 3 is 2.55 bits per heavy atom. The molecule has 0 aromatic rings. The van der Waals surface area contributed by atoms with Gasteiger partial charge < -0.3 is 10.5 Å². The molecule has 0 aromatic carbocycles. The molecule has 1 heterocycles. The van der Waals surface area contributed by atoms with Crippen LogP contribution in [0.2, 0.25) is 0 Å². The van der Waals surface area contributed by atoms with E-state index in [1.165, 1.54) is 0 Å². The van der Waals surface area contributed by atoms with Gasteiger partial charge in [0.2, 0.25) is 0 Å². The zero-order valence-corrected chi connectivity index (χ0v) is 9.30. The average molecular weight is 269 g/mol. The summed E-state index contributed by atoms with van der Waals surface area (Å²) in [7, 11) is 0. The molecule has 0 aromatic heterocycles. The van der Waals surface area contributed by atoms with Crippen LogP contribution in [0.3, 0.4) is 0 Å². The van der Waals surface area contributed by atoms with Crippen molar-refractivity contribution in [1.29, 1.82) is 0 Å². The van der Waals surface area contributed by atoms with Gasteiger partial charge in [-0.1, -0.05) is 36.4 Å². The van der Waals surface area contributed by atoms with Crippen LogP contribution in [-0.2, 0) is 4.74 Å². The Morgan fingerprint density at radius 2 is 2.18 bits per heavy atom. The van der Waals surface area contributed by atoms with Gasteiger partial charge in [0.1, 0.15) is 6.23 Å². The second kappa shape index (κ2) is 3.58. The Morgan fingerprint density at radius 1 is 1.55 bits per heavy atom. The molecule has 2 N–H and O–H groups in total. The van der Waals surface area contributed by atoms with Gasteiger partial charge in [0.25, 0.3) is 0 Å². The van der Waals surface area contributed by atoms with E-state index in [9.17, 15) is 0 Å². The molecule has 11 heavy (non-hydrogen) atoms. The minimum Gasteiger partial charge on any atom is -0.360 e. The number of hydrogen-bond donors (Lipinski definition) is 1. The van der Waals surface area contributed by atoms with E-state index in [1.54, 1.807) is 0 Å². The van der Waals surface area contributed by atoms with E-state index in [2.05, 4.69) is 36.4 Å². The summed E-state index contributed by atoms with van der Waals surface area (Å²) in [4.78, 5) is 0. The first-order chi connectivity index (χ1) is 4.97. The first-order valence-electron chi connectivity index (χ1n) is 4.07. The van der Waals surface area contributed by atoms with Crippen LogP contribution in [0.1, 0.15) is 33.1 Å². The molecule has 1 aliphatic heterocycles. The second-order valence-corrected chi connectivity index (χ2v) is 6.72. The van der Waals surface area contributed by atoms with Crippen molar-refractivity contribution < 1.29 is 4.74 Å². The van der Waals surface area contributed by atoms with Crippen molar-refractivity contribution in [3.8, 4) is 0 Å². The van der Waals surface area contributed by atoms with Crippen LogP contribution in [0.5, 0.6) is 0 Å². The number of halogens is 1. The number of alkyl halides is 1. The zero-order valence-electron chi connectivity index (χ0n) is 7.14. The van der Waals surface area contributed by atoms with Gasteiger partial charge in [-0.15, -0.1) is 0 Å². The quantitative estimate of drug-likeness (QED) is 0.615. The third-order valence-corrected chi connectivity index (χ3v) is 2.29. The summed E-state index contributed by atoms with van der Waals surface area (Å²) in [5.74, 6) is 0. The monoisotopic (exact) mass is 269 g/mol. The lowest BCUT2D eigenvalue weighted by Gasteiger charge is -2.20. The summed E-state index contributed by atoms with van der Waals surface area (Å²) in [6.07, 6.45) is 3.67. The van der Waals surface area contributed by atoms with Gasteiger partial charge in [-0.25, -0.2) is 0 Å². The third-order valence-electron chi connectivity index (χ3n) is 1.85. The minimum absolute atomic E-state index is 0.00116. The van der Waals surface area contributed by atoms with Gasteiger partial charge in [0.05, 0.1) is 6.10 Å². The molecule has 1 aliphatic rings. The first kappa shape index (κ1) is 9.74. The summed E-state index contributed by atoms with van der Waals surface area (Å²) in [6, 6.07) is 0. The molecule has 0 spiro atoms. The molecule has 66 valence electrons. The molecule has 2 nitrogen and oxygen atoms in total. The Balaban J connectivity index is 2.29. The molecule has 0 aliphatic carbocycles. The molecule has 3 heteroatoms. The summed E-state index contributed by atoms with van der Waals surface area (Å²) in [5.41, 5.74) is 5.62. The van der Waals surface area contributed by atoms with Crippen molar-refractivity contribution in [2.75, 3.05) is 0 Å². The maximum absolute atomic E-state index is 5.62. The van der Waals surface area contributed by atoms with Crippen LogP contribution in [0, 0.1) is 0 Å². The highest BCUT2D eigenvalue weighted by Gasteiger charge is 2.27. The van der Waals surface area contributed by atoms with E-state index >= 15 is 0 Å². The number of rotatable bonds is 2. The third kappa shape index (κ3) is 3.71. The second-order valence-electron chi connectivity index (χ2n) is 3.80. The summed E-state index contributed by atoms with van der Waals surface area (Å²) in [6.45, 7) is 4.45. The van der Waals surface area contributed by atoms with Crippen LogP contribution in [0.25, 0.3) is 0 Å². The maximum atomic E-state index is 5.62. The summed E-state index contributed by atoms with van der Waals surface area (Å²) < 4.78 is 5.85. The van der Waals surface area contributed by atoms with Crippen LogP contribution in [0.4, 0.5) is 0 Å². The zero-order chi connectivity index (χ0) is 8.48. The Bertz CT molecular complexity index is 133. The molecule has 1 fully saturated rings. The minimum atomic E-state index is -0.00116. The lowest BCUT2D eigenvalue weighted by atomic mass is 10.0. The Hall–Kier alpha value is 0.650. The van der Waals surface area contributed by atoms with E-state index < -0.39 is 0 Å². The molecule has 1 rings (SSSR count). The van der Waals surface area contributed by atoms with Crippen LogP contribution >= 0.6 is 22.6 Å². The van der Waals surface area contributed by atoms with Crippen molar-refractivity contribution in [3.05, 3.63) is 0 Å². The topological polar surface area (TPSA) is 35.2 Å². The number of ether oxygens (including phenoxy) is 1. The number of hydrogen-bond acceptors (Lipinski definition) is 2. The largest absolute Gasteiger partial charge is 0.360 e. The van der Waals surface area contributed by atoms with E-state index in [1.807, 2.05) is 0 Å². The predicted molar refractivity (Wildman–Crippen MR) is 54.8 cm³/mol. The predicted octanol–water partition coefficient (Wildman–Crippen LogP) is 2.05.